The minimum Gasteiger partial charge on any atom is -0.381 e. The summed E-state index contributed by atoms with van der Waals surface area (Å²) in [5.74, 6) is 0. The Morgan fingerprint density at radius 3 is 2.38 bits per heavy atom. The number of ether oxygens (including phenoxy) is 1. The minimum absolute atomic E-state index is 0. The predicted molar refractivity (Wildman–Crippen MR) is 54.0 cm³/mol. The Morgan fingerprint density at radius 2 is 1.92 bits per heavy atom. The Kier molecular flexibility index (Phi) is 12.8. The molecule has 0 amide bonds. The summed E-state index contributed by atoms with van der Waals surface area (Å²) >= 11 is 0. The van der Waals surface area contributed by atoms with E-state index in [9.17, 15) is 0 Å². The second-order valence-electron chi connectivity index (χ2n) is 3.09. The summed E-state index contributed by atoms with van der Waals surface area (Å²) in [6.07, 6.45) is 6.47. The number of hydrogen-bond donors (Lipinski definition) is 0. The van der Waals surface area contributed by atoms with Gasteiger partial charge in [-0.15, -0.1) is 0 Å². The molecule has 0 N–H and O–H groups in total. The molecule has 0 saturated carbocycles. The van der Waals surface area contributed by atoms with Crippen LogP contribution in [-0.4, -0.2) is 13.7 Å². The Morgan fingerprint density at radius 1 is 1.31 bits per heavy atom. The number of hydrogen-bond acceptors (Lipinski definition) is 1. The van der Waals surface area contributed by atoms with Crippen molar-refractivity contribution in [2.24, 2.45) is 0 Å². The van der Waals surface area contributed by atoms with Gasteiger partial charge in [0.25, 0.3) is 0 Å². The fraction of sp³-hybridized carbons (Fsp3) is 0.545. The molecule has 0 aromatic carbocycles. The molecule has 13 heavy (non-hydrogen) atoms. The number of methoxy groups -OCH3 is 1. The third kappa shape index (κ3) is 12.4. The number of allylic oxidation sites excluding steroid dienone is 3. The Bertz CT molecular complexity index is 167. The van der Waals surface area contributed by atoms with Crippen molar-refractivity contribution >= 4 is 0 Å². The van der Waals surface area contributed by atoms with E-state index in [2.05, 4.69) is 26.0 Å². The Labute approximate surface area is 108 Å². The van der Waals surface area contributed by atoms with Gasteiger partial charge in [-0.3, -0.25) is 0 Å². The molecule has 0 aromatic heterocycles. The maximum absolute atomic E-state index is 4.94. The van der Waals surface area contributed by atoms with Gasteiger partial charge in [-0.25, -0.2) is 18.6 Å². The van der Waals surface area contributed by atoms with Crippen molar-refractivity contribution in [3.8, 4) is 0 Å². The average Bonchev–Trinajstić information content (AvgIpc) is 2.00. The van der Waals surface area contributed by atoms with Crippen molar-refractivity contribution in [2.75, 3.05) is 13.7 Å². The zero-order valence-electron chi connectivity index (χ0n) is 8.97. The normalized spacial score (nSPS) is 12.5. The fourth-order valence-corrected chi connectivity index (χ4v) is 0.874. The summed E-state index contributed by atoms with van der Waals surface area (Å²) in [6, 6.07) is 0. The largest absolute Gasteiger partial charge is 0.381 e. The maximum Gasteiger partial charge on any atom is 0.0646 e. The molecule has 1 nitrogen and oxygen atoms in total. The van der Waals surface area contributed by atoms with Crippen molar-refractivity contribution in [1.82, 2.24) is 0 Å². The van der Waals surface area contributed by atoms with E-state index in [-0.39, 0.29) is 32.7 Å². The Balaban J connectivity index is 0. The molecule has 1 radical (unpaired) electrons. The molecule has 0 aliphatic carbocycles. The molecule has 0 saturated heterocycles. The van der Waals surface area contributed by atoms with Gasteiger partial charge >= 0.3 is 0 Å². The fourth-order valence-electron chi connectivity index (χ4n) is 0.874. The predicted octanol–water partition coefficient (Wildman–Crippen LogP) is 3.14. The number of rotatable bonds is 5. The molecule has 0 atom stereocenters. The van der Waals surface area contributed by atoms with Crippen LogP contribution in [0.4, 0.5) is 0 Å². The molecule has 0 spiro atoms. The zero-order valence-corrected chi connectivity index (χ0v) is 11.8. The van der Waals surface area contributed by atoms with E-state index < -0.39 is 0 Å². The van der Waals surface area contributed by atoms with Crippen LogP contribution >= 0.6 is 0 Å². The molecule has 0 aliphatic rings. The Hall–Kier alpha value is 0.414. The van der Waals surface area contributed by atoms with Crippen molar-refractivity contribution < 1.29 is 37.4 Å². The van der Waals surface area contributed by atoms with E-state index in [4.69, 9.17) is 4.74 Å². The van der Waals surface area contributed by atoms with Crippen LogP contribution in [0.15, 0.2) is 23.3 Å². The molecule has 73 valence electrons. The summed E-state index contributed by atoms with van der Waals surface area (Å²) in [4.78, 5) is 0. The molecule has 0 fully saturated rings. The molecule has 0 heterocycles. The van der Waals surface area contributed by atoms with Gasteiger partial charge in [0.1, 0.15) is 0 Å². The van der Waals surface area contributed by atoms with Crippen molar-refractivity contribution in [3.63, 3.8) is 0 Å². The van der Waals surface area contributed by atoms with E-state index >= 15 is 0 Å². The SMILES string of the molecule is [CH2-]/C(C)=C/CC/C(C)=C/COC.[Y]. The first-order valence-corrected chi connectivity index (χ1v) is 4.30. The summed E-state index contributed by atoms with van der Waals surface area (Å²) in [5.41, 5.74) is 2.53. The minimum atomic E-state index is 0. The molecule has 0 aromatic rings. The zero-order chi connectivity index (χ0) is 9.40. The molecule has 0 aliphatic heterocycles. The van der Waals surface area contributed by atoms with Crippen LogP contribution in [0, 0.1) is 6.92 Å². The van der Waals surface area contributed by atoms with Crippen molar-refractivity contribution in [1.29, 1.82) is 0 Å². The second-order valence-corrected chi connectivity index (χ2v) is 3.09. The molecule has 0 bridgehead atoms. The van der Waals surface area contributed by atoms with Crippen LogP contribution in [0.25, 0.3) is 0 Å². The quantitative estimate of drug-likeness (QED) is 0.542. The molecular weight excluding hydrogens is 237 g/mol. The average molecular weight is 256 g/mol. The van der Waals surface area contributed by atoms with Crippen molar-refractivity contribution in [3.05, 3.63) is 30.2 Å². The topological polar surface area (TPSA) is 9.23 Å². The van der Waals surface area contributed by atoms with Crippen LogP contribution in [-0.2, 0) is 37.4 Å². The summed E-state index contributed by atoms with van der Waals surface area (Å²) < 4.78 is 4.94. The summed E-state index contributed by atoms with van der Waals surface area (Å²) in [5, 5.41) is 0. The van der Waals surface area contributed by atoms with Crippen LogP contribution in [0.1, 0.15) is 26.7 Å². The van der Waals surface area contributed by atoms with Gasteiger partial charge in [-0.05, 0) is 13.3 Å². The first-order chi connectivity index (χ1) is 5.66. The van der Waals surface area contributed by atoms with E-state index in [0.29, 0.717) is 0 Å². The summed E-state index contributed by atoms with van der Waals surface area (Å²) in [7, 11) is 1.71. The molecular formula is C11H19OY-. The molecule has 0 unspecified atom stereocenters. The maximum atomic E-state index is 4.94. The van der Waals surface area contributed by atoms with E-state index in [1.165, 1.54) is 5.57 Å². The van der Waals surface area contributed by atoms with E-state index in [0.717, 1.165) is 25.0 Å². The van der Waals surface area contributed by atoms with Crippen LogP contribution in [0.2, 0.25) is 0 Å². The first kappa shape index (κ1) is 15.9. The van der Waals surface area contributed by atoms with Gasteiger partial charge in [0.15, 0.2) is 0 Å². The second kappa shape index (κ2) is 10.5. The van der Waals surface area contributed by atoms with Crippen molar-refractivity contribution in [2.45, 2.75) is 26.7 Å². The standard InChI is InChI=1S/C11H19O.Y/c1-10(2)6-5-7-11(3)8-9-12-4;/h6,8H,1,5,7,9H2,2-4H3;/q-1;/b10-6-,11-8+;. The molecule has 2 heteroatoms. The van der Waals surface area contributed by atoms with Gasteiger partial charge in [-0.2, -0.15) is 0 Å². The van der Waals surface area contributed by atoms with Gasteiger partial charge in [0, 0.05) is 39.8 Å². The summed E-state index contributed by atoms with van der Waals surface area (Å²) in [6.45, 7) is 8.69. The van der Waals surface area contributed by atoms with Crippen LogP contribution in [0.3, 0.4) is 0 Å². The first-order valence-electron chi connectivity index (χ1n) is 4.30. The van der Waals surface area contributed by atoms with Gasteiger partial charge in [0.2, 0.25) is 0 Å². The smallest absolute Gasteiger partial charge is 0.0646 e. The van der Waals surface area contributed by atoms with E-state index in [1.807, 2.05) is 6.92 Å². The molecule has 0 rings (SSSR count). The van der Waals surface area contributed by atoms with Gasteiger partial charge in [-0.1, -0.05) is 25.0 Å². The monoisotopic (exact) mass is 256 g/mol. The third-order valence-electron chi connectivity index (χ3n) is 1.63. The van der Waals surface area contributed by atoms with Gasteiger partial charge < -0.3 is 4.74 Å². The van der Waals surface area contributed by atoms with Gasteiger partial charge in [0.05, 0.1) is 6.61 Å². The van der Waals surface area contributed by atoms with E-state index in [1.54, 1.807) is 7.11 Å². The third-order valence-corrected chi connectivity index (χ3v) is 1.63. The van der Waals surface area contributed by atoms with Crippen LogP contribution < -0.4 is 0 Å². The van der Waals surface area contributed by atoms with Crippen LogP contribution in [0.5, 0.6) is 0 Å².